The Hall–Kier alpha value is -1.84. The molecule has 0 spiro atoms. The van der Waals surface area contributed by atoms with E-state index in [1.54, 1.807) is 24.3 Å². The first-order valence-corrected chi connectivity index (χ1v) is 6.97. The zero-order valence-electron chi connectivity index (χ0n) is 12.3. The first kappa shape index (κ1) is 16.2. The number of hydrogen-bond acceptors (Lipinski definition) is 2. The van der Waals surface area contributed by atoms with E-state index in [1.165, 1.54) is 0 Å². The van der Waals surface area contributed by atoms with Crippen LogP contribution in [0.1, 0.15) is 45.2 Å². The number of rotatable bonds is 7. The van der Waals surface area contributed by atoms with E-state index in [1.807, 2.05) is 13.0 Å². The Morgan fingerprint density at radius 2 is 1.75 bits per heavy atom. The number of carboxylic acid groups (broad SMARTS) is 1. The molecule has 2 atom stereocenters. The average Bonchev–Trinajstić information content (AvgIpc) is 2.35. The van der Waals surface area contributed by atoms with Gasteiger partial charge in [-0.25, -0.2) is 4.79 Å². The van der Waals surface area contributed by atoms with Crippen molar-refractivity contribution in [3.63, 3.8) is 0 Å². The fraction of sp³-hybridized carbons (Fsp3) is 0.500. The van der Waals surface area contributed by atoms with Crippen molar-refractivity contribution in [2.45, 2.75) is 39.7 Å². The van der Waals surface area contributed by atoms with Crippen LogP contribution in [-0.2, 0) is 9.59 Å². The number of aliphatic carboxylic acids is 1. The Bertz CT molecular complexity index is 442. The minimum Gasteiger partial charge on any atom is -0.479 e. The molecule has 1 amide bonds. The van der Waals surface area contributed by atoms with Crippen molar-refractivity contribution < 1.29 is 14.7 Å². The van der Waals surface area contributed by atoms with E-state index in [0.29, 0.717) is 17.9 Å². The Labute approximate surface area is 120 Å². The van der Waals surface area contributed by atoms with Crippen LogP contribution >= 0.6 is 0 Å². The number of carboxylic acids is 1. The highest BCUT2D eigenvalue weighted by molar-refractivity contribution is 5.84. The van der Waals surface area contributed by atoms with Gasteiger partial charge in [0, 0.05) is 6.42 Å². The zero-order valence-corrected chi connectivity index (χ0v) is 12.3. The number of amides is 1. The molecule has 2 unspecified atom stereocenters. The SMILES string of the molecule is CC(C)CC(C)CC(=O)NC(C(=O)O)c1ccccc1. The monoisotopic (exact) mass is 277 g/mol. The third-order valence-corrected chi connectivity index (χ3v) is 3.09. The summed E-state index contributed by atoms with van der Waals surface area (Å²) in [7, 11) is 0. The topological polar surface area (TPSA) is 66.4 Å². The lowest BCUT2D eigenvalue weighted by molar-refractivity contribution is -0.142. The Morgan fingerprint density at radius 3 is 2.25 bits per heavy atom. The lowest BCUT2D eigenvalue weighted by atomic mass is 9.95. The summed E-state index contributed by atoms with van der Waals surface area (Å²) in [6.45, 7) is 6.23. The van der Waals surface area contributed by atoms with Gasteiger partial charge >= 0.3 is 5.97 Å². The molecule has 0 fully saturated rings. The van der Waals surface area contributed by atoms with Crippen LogP contribution in [-0.4, -0.2) is 17.0 Å². The largest absolute Gasteiger partial charge is 0.479 e. The van der Waals surface area contributed by atoms with Crippen LogP contribution in [0.5, 0.6) is 0 Å². The molecule has 1 aromatic rings. The van der Waals surface area contributed by atoms with Crippen molar-refractivity contribution in [3.8, 4) is 0 Å². The standard InChI is InChI=1S/C16H23NO3/c1-11(2)9-12(3)10-14(18)17-15(16(19)20)13-7-5-4-6-8-13/h4-8,11-12,15H,9-10H2,1-3H3,(H,17,18)(H,19,20). The van der Waals surface area contributed by atoms with Crippen LogP contribution in [0.2, 0.25) is 0 Å². The second kappa shape index (κ2) is 7.68. The number of carbonyl (C=O) groups is 2. The minimum absolute atomic E-state index is 0.214. The van der Waals surface area contributed by atoms with Gasteiger partial charge in [-0.05, 0) is 23.8 Å². The van der Waals surface area contributed by atoms with E-state index in [0.717, 1.165) is 6.42 Å². The van der Waals surface area contributed by atoms with E-state index in [9.17, 15) is 14.7 Å². The molecular formula is C16H23NO3. The number of nitrogens with one attached hydrogen (secondary N) is 1. The van der Waals surface area contributed by atoms with E-state index in [2.05, 4.69) is 19.2 Å². The van der Waals surface area contributed by atoms with Crippen molar-refractivity contribution in [1.29, 1.82) is 0 Å². The Balaban J connectivity index is 2.63. The van der Waals surface area contributed by atoms with Crippen molar-refractivity contribution >= 4 is 11.9 Å². The predicted octanol–water partition coefficient (Wildman–Crippen LogP) is 3.00. The summed E-state index contributed by atoms with van der Waals surface area (Å²) in [5.74, 6) is -0.474. The maximum Gasteiger partial charge on any atom is 0.330 e. The molecule has 1 rings (SSSR count). The fourth-order valence-electron chi connectivity index (χ4n) is 2.36. The van der Waals surface area contributed by atoms with Gasteiger partial charge in [0.15, 0.2) is 6.04 Å². The molecule has 0 heterocycles. The quantitative estimate of drug-likeness (QED) is 0.805. The van der Waals surface area contributed by atoms with E-state index in [4.69, 9.17) is 0 Å². The average molecular weight is 277 g/mol. The lowest BCUT2D eigenvalue weighted by Crippen LogP contribution is -2.34. The maximum atomic E-state index is 11.9. The van der Waals surface area contributed by atoms with Crippen LogP contribution in [0.3, 0.4) is 0 Å². The van der Waals surface area contributed by atoms with Crippen LogP contribution in [0.15, 0.2) is 30.3 Å². The fourth-order valence-corrected chi connectivity index (χ4v) is 2.36. The van der Waals surface area contributed by atoms with Crippen molar-refractivity contribution in [3.05, 3.63) is 35.9 Å². The normalized spacial score (nSPS) is 13.8. The van der Waals surface area contributed by atoms with Gasteiger partial charge in [-0.1, -0.05) is 51.1 Å². The molecule has 4 heteroatoms. The van der Waals surface area contributed by atoms with E-state index < -0.39 is 12.0 Å². The highest BCUT2D eigenvalue weighted by Gasteiger charge is 2.22. The van der Waals surface area contributed by atoms with Gasteiger partial charge in [0.25, 0.3) is 0 Å². The number of carbonyl (C=O) groups excluding carboxylic acids is 1. The molecule has 0 aliphatic carbocycles. The molecule has 0 saturated heterocycles. The van der Waals surface area contributed by atoms with Gasteiger partial charge in [0.2, 0.25) is 5.91 Å². The molecule has 110 valence electrons. The van der Waals surface area contributed by atoms with Crippen LogP contribution in [0.4, 0.5) is 0 Å². The zero-order chi connectivity index (χ0) is 15.1. The summed E-state index contributed by atoms with van der Waals surface area (Å²) in [4.78, 5) is 23.2. The second-order valence-electron chi connectivity index (χ2n) is 5.69. The molecular weight excluding hydrogens is 254 g/mol. The number of hydrogen-bond donors (Lipinski definition) is 2. The molecule has 0 aliphatic rings. The molecule has 20 heavy (non-hydrogen) atoms. The van der Waals surface area contributed by atoms with Crippen LogP contribution in [0, 0.1) is 11.8 Å². The van der Waals surface area contributed by atoms with Crippen LogP contribution < -0.4 is 5.32 Å². The minimum atomic E-state index is -1.04. The molecule has 0 radical (unpaired) electrons. The maximum absolute atomic E-state index is 11.9. The molecule has 0 saturated carbocycles. The third kappa shape index (κ3) is 5.43. The van der Waals surface area contributed by atoms with Crippen LogP contribution in [0.25, 0.3) is 0 Å². The highest BCUT2D eigenvalue weighted by Crippen LogP contribution is 2.17. The van der Waals surface area contributed by atoms with Gasteiger partial charge in [-0.2, -0.15) is 0 Å². The summed E-state index contributed by atoms with van der Waals surface area (Å²) < 4.78 is 0. The summed E-state index contributed by atoms with van der Waals surface area (Å²) in [5, 5.41) is 11.8. The Kier molecular flexibility index (Phi) is 6.22. The lowest BCUT2D eigenvalue weighted by Gasteiger charge is -2.17. The summed E-state index contributed by atoms with van der Waals surface area (Å²) in [6.07, 6.45) is 1.31. The highest BCUT2D eigenvalue weighted by atomic mass is 16.4. The molecule has 2 N–H and O–H groups in total. The smallest absolute Gasteiger partial charge is 0.330 e. The van der Waals surface area contributed by atoms with Gasteiger partial charge in [0.1, 0.15) is 0 Å². The molecule has 0 bridgehead atoms. The Morgan fingerprint density at radius 1 is 1.15 bits per heavy atom. The van der Waals surface area contributed by atoms with Gasteiger partial charge in [-0.15, -0.1) is 0 Å². The molecule has 1 aromatic carbocycles. The van der Waals surface area contributed by atoms with E-state index in [-0.39, 0.29) is 11.8 Å². The molecule has 0 aliphatic heterocycles. The second-order valence-corrected chi connectivity index (χ2v) is 5.69. The molecule has 4 nitrogen and oxygen atoms in total. The summed E-state index contributed by atoms with van der Waals surface area (Å²) >= 11 is 0. The first-order valence-electron chi connectivity index (χ1n) is 6.97. The number of benzene rings is 1. The van der Waals surface area contributed by atoms with E-state index >= 15 is 0 Å². The van der Waals surface area contributed by atoms with Crippen molar-refractivity contribution in [2.75, 3.05) is 0 Å². The molecule has 0 aromatic heterocycles. The van der Waals surface area contributed by atoms with Gasteiger partial charge < -0.3 is 10.4 Å². The summed E-state index contributed by atoms with van der Waals surface area (Å²) in [6, 6.07) is 7.77. The van der Waals surface area contributed by atoms with Gasteiger partial charge in [-0.3, -0.25) is 4.79 Å². The van der Waals surface area contributed by atoms with Crippen molar-refractivity contribution in [1.82, 2.24) is 5.32 Å². The van der Waals surface area contributed by atoms with Gasteiger partial charge in [0.05, 0.1) is 0 Å². The summed E-state index contributed by atoms with van der Waals surface area (Å²) in [5.41, 5.74) is 0.588. The van der Waals surface area contributed by atoms with Crippen molar-refractivity contribution in [2.24, 2.45) is 11.8 Å². The first-order chi connectivity index (χ1) is 9.40. The predicted molar refractivity (Wildman–Crippen MR) is 78.2 cm³/mol. The third-order valence-electron chi connectivity index (χ3n) is 3.09.